The summed E-state index contributed by atoms with van der Waals surface area (Å²) >= 11 is 11.9. The van der Waals surface area contributed by atoms with Crippen molar-refractivity contribution in [2.45, 2.75) is 38.1 Å². The third kappa shape index (κ3) is 2.11. The van der Waals surface area contributed by atoms with E-state index in [1.165, 1.54) is 0 Å². The highest BCUT2D eigenvalue weighted by molar-refractivity contribution is 6.35. The van der Waals surface area contributed by atoms with Gasteiger partial charge in [0.2, 0.25) is 5.28 Å². The fraction of sp³-hybridized carbons (Fsp3) is 0.583. The van der Waals surface area contributed by atoms with Crippen molar-refractivity contribution in [2.24, 2.45) is 0 Å². The number of halogens is 2. The lowest BCUT2D eigenvalue weighted by molar-refractivity contribution is -0.183. The Bertz CT molecular complexity index is 720. The number of nitrogens with zero attached hydrogens (tertiary/aromatic N) is 4. The van der Waals surface area contributed by atoms with Gasteiger partial charge in [0.25, 0.3) is 0 Å². The molecule has 0 unspecified atom stereocenters. The lowest BCUT2D eigenvalue weighted by Crippen LogP contribution is -2.27. The van der Waals surface area contributed by atoms with Gasteiger partial charge in [-0.15, -0.1) is 0 Å². The van der Waals surface area contributed by atoms with Gasteiger partial charge in [-0.05, 0) is 25.4 Å². The summed E-state index contributed by atoms with van der Waals surface area (Å²) in [6.07, 6.45) is 0.868. The largest absolute Gasteiger partial charge is 0.352 e. The Labute approximate surface area is 130 Å². The van der Waals surface area contributed by atoms with Gasteiger partial charge in [-0.2, -0.15) is 4.98 Å². The molecule has 0 bridgehead atoms. The second kappa shape index (κ2) is 4.50. The molecule has 0 N–H and O–H groups in total. The normalized spacial score (nSPS) is 31.0. The third-order valence-corrected chi connectivity index (χ3v) is 3.99. The van der Waals surface area contributed by atoms with Gasteiger partial charge < -0.3 is 14.2 Å². The highest BCUT2D eigenvalue weighted by atomic mass is 35.5. The van der Waals surface area contributed by atoms with Crippen molar-refractivity contribution in [3.05, 3.63) is 16.8 Å². The minimum atomic E-state index is -0.627. The second-order valence-corrected chi connectivity index (χ2v) is 6.17. The number of ether oxygens (including phenoxy) is 3. The van der Waals surface area contributed by atoms with E-state index in [4.69, 9.17) is 37.4 Å². The molecule has 0 radical (unpaired) electrons. The topological polar surface area (TPSA) is 71.3 Å². The van der Waals surface area contributed by atoms with Gasteiger partial charge in [-0.3, -0.25) is 4.57 Å². The molecule has 2 aliphatic rings. The molecule has 0 spiro atoms. The first-order chi connectivity index (χ1) is 9.94. The first-order valence-electron chi connectivity index (χ1n) is 6.47. The fourth-order valence-electron chi connectivity index (χ4n) is 2.80. The van der Waals surface area contributed by atoms with E-state index >= 15 is 0 Å². The predicted molar refractivity (Wildman–Crippen MR) is 74.2 cm³/mol. The van der Waals surface area contributed by atoms with Crippen LogP contribution in [0.1, 0.15) is 20.1 Å². The zero-order valence-corrected chi connectivity index (χ0v) is 12.8. The van der Waals surface area contributed by atoms with E-state index in [0.29, 0.717) is 17.8 Å². The number of hydrogen-bond acceptors (Lipinski definition) is 6. The van der Waals surface area contributed by atoms with Crippen LogP contribution in [0.4, 0.5) is 0 Å². The van der Waals surface area contributed by atoms with Gasteiger partial charge in [-0.25, -0.2) is 9.97 Å². The van der Waals surface area contributed by atoms with E-state index in [-0.39, 0.29) is 28.9 Å². The molecule has 2 saturated heterocycles. The molecule has 21 heavy (non-hydrogen) atoms. The summed E-state index contributed by atoms with van der Waals surface area (Å²) < 4.78 is 19.2. The van der Waals surface area contributed by atoms with Gasteiger partial charge in [0, 0.05) is 0 Å². The van der Waals surface area contributed by atoms with E-state index in [0.717, 1.165) is 0 Å². The summed E-state index contributed by atoms with van der Waals surface area (Å²) in [6, 6.07) is 0. The minimum absolute atomic E-state index is 0.0627. The Kier molecular flexibility index (Phi) is 2.93. The van der Waals surface area contributed by atoms with Crippen LogP contribution in [0.3, 0.4) is 0 Å². The van der Waals surface area contributed by atoms with Gasteiger partial charge in [0.1, 0.15) is 17.7 Å². The standard InChI is InChI=1S/C12H12Cl2N4O3/c1-12(2)20-5-3-19-10(7(5)21-12)18-4-15-6-8(13)16-11(14)17-9(6)18/h4-5,7,10H,3H2,1-2H3/t5-,7-,10+/m0/s1. The Balaban J connectivity index is 1.77. The summed E-state index contributed by atoms with van der Waals surface area (Å²) in [5.41, 5.74) is 0.991. The van der Waals surface area contributed by atoms with Gasteiger partial charge in [0.15, 0.2) is 22.8 Å². The first-order valence-corrected chi connectivity index (χ1v) is 7.23. The molecule has 2 aliphatic heterocycles. The summed E-state index contributed by atoms with van der Waals surface area (Å²) in [6.45, 7) is 4.21. The molecule has 0 aromatic carbocycles. The first kappa shape index (κ1) is 13.7. The predicted octanol–water partition coefficient (Wildman–Crippen LogP) is 2.18. The molecule has 0 saturated carbocycles. The van der Waals surface area contributed by atoms with Crippen LogP contribution in [0.5, 0.6) is 0 Å². The fourth-order valence-corrected chi connectivity index (χ4v) is 3.23. The van der Waals surface area contributed by atoms with Crippen LogP contribution in [0.25, 0.3) is 11.2 Å². The molecule has 2 aromatic heterocycles. The Morgan fingerprint density at radius 3 is 2.90 bits per heavy atom. The number of imidazole rings is 1. The van der Waals surface area contributed by atoms with E-state index in [2.05, 4.69) is 15.0 Å². The van der Waals surface area contributed by atoms with E-state index < -0.39 is 5.79 Å². The molecular weight excluding hydrogens is 319 g/mol. The van der Waals surface area contributed by atoms with Crippen molar-refractivity contribution in [1.82, 2.24) is 19.5 Å². The van der Waals surface area contributed by atoms with Crippen LogP contribution in [0, 0.1) is 0 Å². The van der Waals surface area contributed by atoms with Crippen LogP contribution in [-0.4, -0.2) is 44.1 Å². The summed E-state index contributed by atoms with van der Waals surface area (Å²) in [4.78, 5) is 12.3. The number of rotatable bonds is 1. The third-order valence-electron chi connectivity index (χ3n) is 3.56. The van der Waals surface area contributed by atoms with Crippen LogP contribution in [0.2, 0.25) is 10.4 Å². The molecule has 0 aliphatic carbocycles. The maximum atomic E-state index is 6.03. The average molecular weight is 331 g/mol. The van der Waals surface area contributed by atoms with Crippen LogP contribution >= 0.6 is 23.2 Å². The minimum Gasteiger partial charge on any atom is -0.352 e. The highest BCUT2D eigenvalue weighted by Crippen LogP contribution is 2.40. The molecule has 2 fully saturated rings. The van der Waals surface area contributed by atoms with Crippen molar-refractivity contribution in [3.63, 3.8) is 0 Å². The Morgan fingerprint density at radius 1 is 1.29 bits per heavy atom. The van der Waals surface area contributed by atoms with Crippen molar-refractivity contribution in [1.29, 1.82) is 0 Å². The average Bonchev–Trinajstić information content (AvgIpc) is 3.00. The molecule has 3 atom stereocenters. The van der Waals surface area contributed by atoms with Crippen molar-refractivity contribution < 1.29 is 14.2 Å². The van der Waals surface area contributed by atoms with Crippen molar-refractivity contribution >= 4 is 34.4 Å². The van der Waals surface area contributed by atoms with Crippen molar-refractivity contribution in [2.75, 3.05) is 6.61 Å². The van der Waals surface area contributed by atoms with Gasteiger partial charge in [-0.1, -0.05) is 11.6 Å². The molecule has 9 heteroatoms. The van der Waals surface area contributed by atoms with E-state index in [1.807, 2.05) is 13.8 Å². The van der Waals surface area contributed by atoms with Crippen LogP contribution in [-0.2, 0) is 14.2 Å². The monoisotopic (exact) mass is 330 g/mol. The van der Waals surface area contributed by atoms with Gasteiger partial charge in [0.05, 0.1) is 12.9 Å². The maximum Gasteiger partial charge on any atom is 0.225 e. The molecular formula is C12H12Cl2N4O3. The van der Waals surface area contributed by atoms with E-state index in [9.17, 15) is 0 Å². The molecule has 2 aromatic rings. The van der Waals surface area contributed by atoms with Crippen LogP contribution < -0.4 is 0 Å². The van der Waals surface area contributed by atoms with Crippen LogP contribution in [0.15, 0.2) is 6.33 Å². The lowest BCUT2D eigenvalue weighted by Gasteiger charge is -2.22. The summed E-state index contributed by atoms with van der Waals surface area (Å²) in [5, 5.41) is 0.273. The zero-order valence-electron chi connectivity index (χ0n) is 11.3. The molecule has 4 heterocycles. The zero-order chi connectivity index (χ0) is 14.8. The Morgan fingerprint density at radius 2 is 2.10 bits per heavy atom. The van der Waals surface area contributed by atoms with Gasteiger partial charge >= 0.3 is 0 Å². The highest BCUT2D eigenvalue weighted by Gasteiger charge is 2.51. The lowest BCUT2D eigenvalue weighted by atomic mass is 10.2. The number of hydrogen-bond donors (Lipinski definition) is 0. The summed E-state index contributed by atoms with van der Waals surface area (Å²) in [7, 11) is 0. The summed E-state index contributed by atoms with van der Waals surface area (Å²) in [5.74, 6) is -0.627. The van der Waals surface area contributed by atoms with E-state index in [1.54, 1.807) is 10.9 Å². The molecule has 112 valence electrons. The SMILES string of the molecule is CC1(C)O[C@H]2[C@H](CO[C@H]2n2cnc3c(Cl)nc(Cl)nc32)O1. The quantitative estimate of drug-likeness (QED) is 0.589. The number of fused-ring (bicyclic) bond motifs is 2. The second-order valence-electron chi connectivity index (χ2n) is 5.47. The molecule has 0 amide bonds. The number of aromatic nitrogens is 4. The molecule has 4 rings (SSSR count). The molecule has 7 nitrogen and oxygen atoms in total. The van der Waals surface area contributed by atoms with Crippen molar-refractivity contribution in [3.8, 4) is 0 Å². The maximum absolute atomic E-state index is 6.03. The Hall–Kier alpha value is -0.990. The smallest absolute Gasteiger partial charge is 0.225 e.